The number of H-pyrrole nitrogens is 1. The average molecular weight is 231 g/mol. The molecule has 2 rings (SSSR count). The Labute approximate surface area is 101 Å². The molecule has 4 heteroatoms. The number of nitrogens with one attached hydrogen (secondary N) is 1. The van der Waals surface area contributed by atoms with Gasteiger partial charge in [0.15, 0.2) is 0 Å². The maximum Gasteiger partial charge on any atom is 0.233 e. The second-order valence-electron chi connectivity index (χ2n) is 4.03. The summed E-state index contributed by atoms with van der Waals surface area (Å²) in [6, 6.07) is 10.2. The Kier molecular flexibility index (Phi) is 3.77. The summed E-state index contributed by atoms with van der Waals surface area (Å²) in [4.78, 5) is 0. The SMILES string of the molecule is Cc1cc(OCc2ccc(CCN)cc2)n[nH]1. The summed E-state index contributed by atoms with van der Waals surface area (Å²) in [6.07, 6.45) is 0.916. The van der Waals surface area contributed by atoms with Crippen LogP contribution in [0, 0.1) is 6.92 Å². The minimum absolute atomic E-state index is 0.535. The van der Waals surface area contributed by atoms with Crippen LogP contribution in [0.3, 0.4) is 0 Å². The van der Waals surface area contributed by atoms with Gasteiger partial charge in [-0.25, -0.2) is 0 Å². The molecule has 0 atom stereocenters. The Morgan fingerprint density at radius 2 is 1.94 bits per heavy atom. The molecule has 0 unspecified atom stereocenters. The van der Waals surface area contributed by atoms with Crippen LogP contribution >= 0.6 is 0 Å². The third kappa shape index (κ3) is 3.32. The maximum atomic E-state index is 5.55. The standard InChI is InChI=1S/C13H17N3O/c1-10-8-13(16-15-10)17-9-12-4-2-11(3-5-12)6-7-14/h2-5,8H,6-7,9,14H2,1H3,(H,15,16). The zero-order valence-electron chi connectivity index (χ0n) is 9.94. The minimum Gasteiger partial charge on any atom is -0.472 e. The fourth-order valence-corrected chi connectivity index (χ4v) is 1.59. The van der Waals surface area contributed by atoms with Crippen LogP contribution in [0.2, 0.25) is 0 Å². The molecule has 90 valence electrons. The van der Waals surface area contributed by atoms with Crippen LogP contribution in [-0.4, -0.2) is 16.7 Å². The molecule has 0 radical (unpaired) electrons. The van der Waals surface area contributed by atoms with Gasteiger partial charge in [0.05, 0.1) is 0 Å². The van der Waals surface area contributed by atoms with Crippen LogP contribution < -0.4 is 10.5 Å². The molecule has 0 saturated heterocycles. The molecule has 4 nitrogen and oxygen atoms in total. The first-order valence-corrected chi connectivity index (χ1v) is 5.70. The summed E-state index contributed by atoms with van der Waals surface area (Å²) < 4.78 is 5.55. The average Bonchev–Trinajstić information content (AvgIpc) is 2.75. The van der Waals surface area contributed by atoms with Crippen LogP contribution in [0.4, 0.5) is 0 Å². The third-order valence-electron chi connectivity index (χ3n) is 2.53. The van der Waals surface area contributed by atoms with E-state index in [1.807, 2.05) is 13.0 Å². The highest BCUT2D eigenvalue weighted by Crippen LogP contribution is 2.11. The van der Waals surface area contributed by atoms with Gasteiger partial charge in [0.25, 0.3) is 0 Å². The van der Waals surface area contributed by atoms with Crippen molar-refractivity contribution in [1.82, 2.24) is 10.2 Å². The van der Waals surface area contributed by atoms with E-state index in [0.29, 0.717) is 19.0 Å². The molecule has 17 heavy (non-hydrogen) atoms. The van der Waals surface area contributed by atoms with Crippen LogP contribution in [0.5, 0.6) is 5.88 Å². The van der Waals surface area contributed by atoms with E-state index < -0.39 is 0 Å². The second kappa shape index (κ2) is 5.50. The Bertz CT molecular complexity index is 462. The van der Waals surface area contributed by atoms with E-state index >= 15 is 0 Å². The van der Waals surface area contributed by atoms with Crippen LogP contribution in [0.15, 0.2) is 30.3 Å². The van der Waals surface area contributed by atoms with Crippen molar-refractivity contribution in [3.05, 3.63) is 47.2 Å². The molecule has 2 aromatic rings. The van der Waals surface area contributed by atoms with E-state index in [1.165, 1.54) is 5.56 Å². The van der Waals surface area contributed by atoms with Crippen LogP contribution in [0.1, 0.15) is 16.8 Å². The number of hydrogen-bond acceptors (Lipinski definition) is 3. The molecule has 3 N–H and O–H groups in total. The summed E-state index contributed by atoms with van der Waals surface area (Å²) in [6.45, 7) is 3.16. The fraction of sp³-hybridized carbons (Fsp3) is 0.308. The van der Waals surface area contributed by atoms with Gasteiger partial charge >= 0.3 is 0 Å². The highest BCUT2D eigenvalue weighted by molar-refractivity contribution is 5.23. The Morgan fingerprint density at radius 3 is 2.53 bits per heavy atom. The van der Waals surface area contributed by atoms with Gasteiger partial charge < -0.3 is 10.5 Å². The number of aryl methyl sites for hydroxylation is 1. The molecule has 0 saturated carbocycles. The lowest BCUT2D eigenvalue weighted by Crippen LogP contribution is -2.03. The number of ether oxygens (including phenoxy) is 1. The van der Waals surface area contributed by atoms with Gasteiger partial charge in [-0.2, -0.15) is 0 Å². The van der Waals surface area contributed by atoms with E-state index in [4.69, 9.17) is 10.5 Å². The normalized spacial score (nSPS) is 10.5. The smallest absolute Gasteiger partial charge is 0.233 e. The molecule has 0 aliphatic rings. The van der Waals surface area contributed by atoms with E-state index in [0.717, 1.165) is 17.7 Å². The van der Waals surface area contributed by atoms with E-state index in [9.17, 15) is 0 Å². The second-order valence-corrected chi connectivity index (χ2v) is 4.03. The van der Waals surface area contributed by atoms with Gasteiger partial charge in [-0.3, -0.25) is 5.10 Å². The lowest BCUT2D eigenvalue weighted by molar-refractivity contribution is 0.293. The molecule has 1 heterocycles. The predicted molar refractivity (Wildman–Crippen MR) is 66.9 cm³/mol. The van der Waals surface area contributed by atoms with Crippen LogP contribution in [0.25, 0.3) is 0 Å². The molecule has 0 amide bonds. The summed E-state index contributed by atoms with van der Waals surface area (Å²) in [5, 5.41) is 6.86. The first-order valence-electron chi connectivity index (χ1n) is 5.70. The Balaban J connectivity index is 1.90. The Morgan fingerprint density at radius 1 is 1.24 bits per heavy atom. The molecule has 0 bridgehead atoms. The summed E-state index contributed by atoms with van der Waals surface area (Å²) in [5.74, 6) is 0.633. The minimum atomic E-state index is 0.535. The Hall–Kier alpha value is -1.81. The van der Waals surface area contributed by atoms with Crippen molar-refractivity contribution in [1.29, 1.82) is 0 Å². The van der Waals surface area contributed by atoms with Crippen molar-refractivity contribution in [2.24, 2.45) is 5.73 Å². The number of aromatic nitrogens is 2. The molecule has 0 aliphatic carbocycles. The van der Waals surface area contributed by atoms with Crippen molar-refractivity contribution in [2.45, 2.75) is 20.0 Å². The molecule has 1 aromatic heterocycles. The van der Waals surface area contributed by atoms with Crippen molar-refractivity contribution in [3.8, 4) is 5.88 Å². The molecule has 0 fully saturated rings. The summed E-state index contributed by atoms with van der Waals surface area (Å²) in [5.41, 5.74) is 8.88. The number of benzene rings is 1. The summed E-state index contributed by atoms with van der Waals surface area (Å²) >= 11 is 0. The first-order chi connectivity index (χ1) is 8.28. The number of nitrogens with two attached hydrogens (primary N) is 1. The van der Waals surface area contributed by atoms with E-state index in [2.05, 4.69) is 34.5 Å². The third-order valence-corrected chi connectivity index (χ3v) is 2.53. The van der Waals surface area contributed by atoms with E-state index in [1.54, 1.807) is 0 Å². The van der Waals surface area contributed by atoms with Gasteiger partial charge in [0, 0.05) is 11.8 Å². The first kappa shape index (κ1) is 11.7. The highest BCUT2D eigenvalue weighted by atomic mass is 16.5. The predicted octanol–water partition coefficient (Wildman–Crippen LogP) is 1.80. The van der Waals surface area contributed by atoms with Crippen molar-refractivity contribution in [3.63, 3.8) is 0 Å². The maximum absolute atomic E-state index is 5.55. The van der Waals surface area contributed by atoms with Crippen molar-refractivity contribution >= 4 is 0 Å². The summed E-state index contributed by atoms with van der Waals surface area (Å²) in [7, 11) is 0. The van der Waals surface area contributed by atoms with Gasteiger partial charge in [-0.15, -0.1) is 5.10 Å². The quantitative estimate of drug-likeness (QED) is 0.824. The zero-order chi connectivity index (χ0) is 12.1. The molecule has 0 spiro atoms. The van der Waals surface area contributed by atoms with Crippen molar-refractivity contribution < 1.29 is 4.74 Å². The zero-order valence-corrected chi connectivity index (χ0v) is 9.94. The molecule has 1 aromatic carbocycles. The van der Waals surface area contributed by atoms with E-state index in [-0.39, 0.29) is 0 Å². The number of aromatic amines is 1. The number of rotatable bonds is 5. The number of nitrogens with zero attached hydrogens (tertiary/aromatic N) is 1. The highest BCUT2D eigenvalue weighted by Gasteiger charge is 1.99. The van der Waals surface area contributed by atoms with Crippen LogP contribution in [-0.2, 0) is 13.0 Å². The van der Waals surface area contributed by atoms with Gasteiger partial charge in [-0.1, -0.05) is 24.3 Å². The molecular formula is C13H17N3O. The number of hydrogen-bond donors (Lipinski definition) is 2. The topological polar surface area (TPSA) is 63.9 Å². The van der Waals surface area contributed by atoms with Gasteiger partial charge in [-0.05, 0) is 31.0 Å². The lowest BCUT2D eigenvalue weighted by atomic mass is 10.1. The monoisotopic (exact) mass is 231 g/mol. The molecule has 0 aliphatic heterocycles. The van der Waals surface area contributed by atoms with Crippen molar-refractivity contribution in [2.75, 3.05) is 6.54 Å². The molecular weight excluding hydrogens is 214 g/mol. The lowest BCUT2D eigenvalue weighted by Gasteiger charge is -2.04. The van der Waals surface area contributed by atoms with Gasteiger partial charge in [0.2, 0.25) is 5.88 Å². The fourth-order valence-electron chi connectivity index (χ4n) is 1.59. The van der Waals surface area contributed by atoms with Gasteiger partial charge in [0.1, 0.15) is 6.61 Å². The largest absolute Gasteiger partial charge is 0.472 e.